The van der Waals surface area contributed by atoms with E-state index in [9.17, 15) is 0 Å². The van der Waals surface area contributed by atoms with Crippen molar-refractivity contribution in [2.24, 2.45) is 35.2 Å². The third kappa shape index (κ3) is 11.9. The van der Waals surface area contributed by atoms with Crippen LogP contribution in [-0.4, -0.2) is 22.1 Å². The molecule has 0 atom stereocenters. The van der Waals surface area contributed by atoms with E-state index in [2.05, 4.69) is 426 Å². The lowest BCUT2D eigenvalue weighted by atomic mass is 10.0. The average molecular weight is 1450 g/mol. The summed E-state index contributed by atoms with van der Waals surface area (Å²) in [6.45, 7) is 10.9. The van der Waals surface area contributed by atoms with Crippen LogP contribution >= 0.6 is 0 Å². The average Bonchev–Trinajstić information content (AvgIpc) is 1.62. The van der Waals surface area contributed by atoms with Gasteiger partial charge < -0.3 is 26.4 Å². The van der Waals surface area contributed by atoms with Crippen molar-refractivity contribution in [2.45, 2.75) is 34.6 Å². The Balaban J connectivity index is 0.0000000973. The van der Waals surface area contributed by atoms with Gasteiger partial charge in [-0.15, -0.1) is 9.20 Å². The van der Waals surface area contributed by atoms with E-state index >= 15 is 0 Å². The predicted octanol–water partition coefficient (Wildman–Crippen LogP) is 21.0. The van der Waals surface area contributed by atoms with Gasteiger partial charge in [-0.05, 0) is 166 Å². The van der Waals surface area contributed by atoms with Gasteiger partial charge in [0, 0.05) is 105 Å². The lowest BCUT2D eigenvalue weighted by Crippen LogP contribution is -2.34. The minimum atomic E-state index is 0.934. The van der Waals surface area contributed by atoms with Crippen LogP contribution in [-0.2, 0) is 35.2 Å². The topological polar surface area (TPSA) is 67.7 Å². The van der Waals surface area contributed by atoms with Crippen molar-refractivity contribution in [3.05, 3.63) is 363 Å². The number of hydrogen-bond acceptors (Lipinski definition) is 2. The van der Waals surface area contributed by atoms with Crippen LogP contribution in [0.2, 0.25) is 0 Å². The Morgan fingerprint density at radius 3 is 1.50 bits per heavy atom. The fourth-order valence-electron chi connectivity index (χ4n) is 16.8. The molecule has 0 aliphatic carbocycles. The third-order valence-corrected chi connectivity index (χ3v) is 22.2. The normalized spacial score (nSPS) is 11.5. The molecule has 22 rings (SSSR count). The van der Waals surface area contributed by atoms with Crippen molar-refractivity contribution < 1.29 is 31.8 Å². The highest BCUT2D eigenvalue weighted by Gasteiger charge is 2.27. The highest BCUT2D eigenvalue weighted by Crippen LogP contribution is 2.42. The Labute approximate surface area is 643 Å². The number of benzene rings is 7. The maximum atomic E-state index is 6.28. The summed E-state index contributed by atoms with van der Waals surface area (Å²) in [5.74, 6) is 0. The number of aryl methyl sites for hydroxylation is 10. The molecule has 0 aliphatic heterocycles. The first kappa shape index (κ1) is 68.8. The number of nitrogens with zero attached hydrogens (tertiary/aromatic N) is 10. The zero-order valence-corrected chi connectivity index (χ0v) is 64.0. The molecule has 15 aromatic heterocycles. The number of para-hydroxylation sites is 5. The fraction of sp³-hybridized carbons (Fsp3) is 0.101. The van der Waals surface area contributed by atoms with Gasteiger partial charge in [0.15, 0.2) is 38.0 Å². The third-order valence-electron chi connectivity index (χ3n) is 22.2. The molecular formula is C99H85N10O2+5. The fourth-order valence-corrected chi connectivity index (χ4v) is 16.8. The number of hydrogen-bond donors (Lipinski definition) is 0. The van der Waals surface area contributed by atoms with Gasteiger partial charge in [0.2, 0.25) is 22.8 Å². The summed E-state index contributed by atoms with van der Waals surface area (Å²) >= 11 is 0. The molecule has 0 spiro atoms. The maximum absolute atomic E-state index is 6.28. The number of pyridine rings is 7. The zero-order chi connectivity index (χ0) is 75.7. The van der Waals surface area contributed by atoms with Crippen LogP contribution in [0.4, 0.5) is 0 Å². The van der Waals surface area contributed by atoms with Crippen LogP contribution in [0.15, 0.2) is 344 Å². The summed E-state index contributed by atoms with van der Waals surface area (Å²) < 4.78 is 34.6. The van der Waals surface area contributed by atoms with Gasteiger partial charge in [-0.25, -0.2) is 13.7 Å². The van der Waals surface area contributed by atoms with Crippen molar-refractivity contribution >= 4 is 104 Å². The van der Waals surface area contributed by atoms with E-state index < -0.39 is 0 Å². The minimum absolute atomic E-state index is 0.934. The van der Waals surface area contributed by atoms with Crippen LogP contribution in [0.25, 0.3) is 160 Å². The Bertz CT molecular complexity index is 7370. The van der Waals surface area contributed by atoms with Gasteiger partial charge in [-0.2, -0.15) is 4.57 Å². The van der Waals surface area contributed by atoms with E-state index in [1.807, 2.05) is 24.3 Å². The molecule has 0 bridgehead atoms. The lowest BCUT2D eigenvalue weighted by Gasteiger charge is -2.08. The Hall–Kier alpha value is -14.0. The van der Waals surface area contributed by atoms with E-state index in [0.717, 1.165) is 49.9 Å². The summed E-state index contributed by atoms with van der Waals surface area (Å²) in [4.78, 5) is 0. The SMILES string of the molecule is Cc1c2ccccc2n2cccc(-c3cccc[n+]3C)c12.Cc1ccc2c(oc3ccccc32)c1-c1c2cccn2cc[n+]1C.Cc1ccc2c(oc3ccccc32)c1-c1cccc2cc[n+](C)n12.Cc1cccn2c1c(-c1cccc[n+]1C)c1ccccc12.Cc1ccn2c(cc3ccccc32)c1-c1cccc[n+]1C. The van der Waals surface area contributed by atoms with Gasteiger partial charge >= 0.3 is 0 Å². The molecule has 0 saturated heterocycles. The largest absolute Gasteiger partial charge is 0.455 e. The standard InChI is InChI=1S/2C21H17N2O.3C19H17N2/c1-14-10-11-17-16-7-3-4-9-19(16)24-21(17)20(14)18-8-5-6-15-12-13-22(2)23(15)18;1-14-9-10-16-15-6-3-4-8-18(15)24-21(16)19(14)20-17-7-5-11-23(17)13-12-22(20)2;1-14-8-7-13-21-16-10-4-3-9-15(16)18(19(14)21)17-11-5-6-12-20(17)2;1-14-15-8-3-4-11-18(15)21-13-7-9-16(19(14)21)17-10-5-6-12-20(17)2;1-14-10-12-21-16-8-4-3-7-15(16)13-18(21)19(14)17-9-5-6-11-20(17)2/h2*3-13H,1-2H3;3*3-13H,1-2H3/q5*+1. The Kier molecular flexibility index (Phi) is 17.5. The van der Waals surface area contributed by atoms with Gasteiger partial charge in [0.25, 0.3) is 0 Å². The van der Waals surface area contributed by atoms with Crippen LogP contribution < -0.4 is 23.0 Å². The van der Waals surface area contributed by atoms with E-state index in [0.29, 0.717) is 0 Å². The molecule has 538 valence electrons. The molecule has 0 amide bonds. The lowest BCUT2D eigenvalue weighted by molar-refractivity contribution is -0.736. The maximum Gasteiger partial charge on any atom is 0.240 e. The number of fused-ring (bicyclic) bond motifs is 17. The molecular weight excluding hydrogens is 1360 g/mol. The summed E-state index contributed by atoms with van der Waals surface area (Å²) in [5.41, 5.74) is 32.3. The van der Waals surface area contributed by atoms with Crippen molar-refractivity contribution in [3.8, 4) is 56.3 Å². The van der Waals surface area contributed by atoms with Crippen LogP contribution in [0.1, 0.15) is 27.8 Å². The predicted molar refractivity (Wildman–Crippen MR) is 451 cm³/mol. The molecule has 0 saturated carbocycles. The molecule has 7 aromatic carbocycles. The molecule has 111 heavy (non-hydrogen) atoms. The van der Waals surface area contributed by atoms with Crippen LogP contribution in [0.5, 0.6) is 0 Å². The second-order valence-corrected chi connectivity index (χ2v) is 29.1. The second kappa shape index (κ2) is 28.3. The quantitative estimate of drug-likeness (QED) is 0.161. The Morgan fingerprint density at radius 2 is 0.829 bits per heavy atom. The van der Waals surface area contributed by atoms with Crippen LogP contribution in [0.3, 0.4) is 0 Å². The zero-order valence-electron chi connectivity index (χ0n) is 64.0. The molecule has 0 unspecified atom stereocenters. The molecule has 0 fully saturated rings. The molecule has 12 nitrogen and oxygen atoms in total. The number of furan rings is 2. The minimum Gasteiger partial charge on any atom is -0.455 e. The van der Waals surface area contributed by atoms with Gasteiger partial charge in [-0.1, -0.05) is 127 Å². The number of aromatic nitrogens is 10. The van der Waals surface area contributed by atoms with Crippen molar-refractivity contribution in [1.29, 1.82) is 0 Å². The van der Waals surface area contributed by atoms with E-state index in [1.54, 1.807) is 0 Å². The van der Waals surface area contributed by atoms with E-state index in [4.69, 9.17) is 8.83 Å². The van der Waals surface area contributed by atoms with Crippen LogP contribution in [0, 0.1) is 34.6 Å². The second-order valence-electron chi connectivity index (χ2n) is 29.1. The summed E-state index contributed by atoms with van der Waals surface area (Å²) in [6, 6.07) is 95.8. The molecule has 15 heterocycles. The first-order valence-electron chi connectivity index (χ1n) is 37.8. The van der Waals surface area contributed by atoms with E-state index in [-0.39, 0.29) is 0 Å². The Morgan fingerprint density at radius 1 is 0.297 bits per heavy atom. The summed E-state index contributed by atoms with van der Waals surface area (Å²) in [6.07, 6.45) is 21.1. The van der Waals surface area contributed by atoms with Gasteiger partial charge in [-0.3, -0.25) is 0 Å². The number of rotatable bonds is 5. The first-order valence-corrected chi connectivity index (χ1v) is 37.8. The molecule has 0 N–H and O–H groups in total. The molecule has 22 aromatic rings. The summed E-state index contributed by atoms with van der Waals surface area (Å²) in [7, 11) is 10.4. The smallest absolute Gasteiger partial charge is 0.240 e. The highest BCUT2D eigenvalue weighted by molar-refractivity contribution is 6.12. The van der Waals surface area contributed by atoms with Crippen molar-refractivity contribution in [1.82, 2.24) is 22.1 Å². The summed E-state index contributed by atoms with van der Waals surface area (Å²) in [5, 5.41) is 8.56. The van der Waals surface area contributed by atoms with Crippen molar-refractivity contribution in [2.75, 3.05) is 0 Å². The monoisotopic (exact) mass is 1450 g/mol. The van der Waals surface area contributed by atoms with Gasteiger partial charge in [0.1, 0.15) is 67.3 Å². The van der Waals surface area contributed by atoms with Gasteiger partial charge in [0.05, 0.1) is 67.1 Å². The highest BCUT2D eigenvalue weighted by atomic mass is 16.3. The van der Waals surface area contributed by atoms with E-state index in [1.165, 1.54) is 138 Å². The molecule has 12 heteroatoms. The van der Waals surface area contributed by atoms with Crippen molar-refractivity contribution in [3.63, 3.8) is 0 Å². The molecule has 0 radical (unpaired) electrons. The molecule has 0 aliphatic rings. The first-order chi connectivity index (χ1) is 54.3.